The molecule has 1 aromatic carbocycles. The summed E-state index contributed by atoms with van der Waals surface area (Å²) >= 11 is 0. The predicted octanol–water partition coefficient (Wildman–Crippen LogP) is 3.94. The van der Waals surface area contributed by atoms with Crippen LogP contribution in [0.3, 0.4) is 0 Å². The van der Waals surface area contributed by atoms with Gasteiger partial charge in [-0.25, -0.2) is 4.98 Å². The molecule has 0 amide bonds. The summed E-state index contributed by atoms with van der Waals surface area (Å²) < 4.78 is 12.6. The van der Waals surface area contributed by atoms with E-state index in [0.29, 0.717) is 36.6 Å². The van der Waals surface area contributed by atoms with Crippen molar-refractivity contribution in [3.05, 3.63) is 66.4 Å². The Morgan fingerprint density at radius 1 is 1.09 bits per heavy atom. The van der Waals surface area contributed by atoms with Gasteiger partial charge in [-0.3, -0.25) is 4.68 Å². The number of ether oxygens (including phenoxy) is 1. The number of aromatic nitrogens is 5. The van der Waals surface area contributed by atoms with Crippen molar-refractivity contribution in [1.29, 1.82) is 0 Å². The molecule has 0 saturated heterocycles. The SMILES string of the molecule is COCCn1cc(-c2nc(C(C)(c3ccc(-c4ccc(N)nc4)cc3)C3CC3)no2)cn1. The highest BCUT2D eigenvalue weighted by atomic mass is 16.5. The van der Waals surface area contributed by atoms with Crippen molar-refractivity contribution in [2.45, 2.75) is 31.7 Å². The summed E-state index contributed by atoms with van der Waals surface area (Å²) in [6, 6.07) is 12.3. The van der Waals surface area contributed by atoms with Crippen LogP contribution in [0.25, 0.3) is 22.6 Å². The molecule has 0 spiro atoms. The van der Waals surface area contributed by atoms with Gasteiger partial charge in [0.15, 0.2) is 5.82 Å². The Hall–Kier alpha value is -3.52. The molecule has 8 nitrogen and oxygen atoms in total. The lowest BCUT2D eigenvalue weighted by Crippen LogP contribution is -2.28. The Kier molecular flexibility index (Phi) is 5.22. The second-order valence-electron chi connectivity index (χ2n) is 8.43. The standard InChI is InChI=1S/C24H26N6O2/c1-24(20-8-9-20,19-6-3-16(4-7-19)17-5-10-21(25)26-13-17)23-28-22(32-29-23)18-14-27-30(15-18)11-12-31-2/h3-7,10,13-15,20H,8-9,11-12H2,1-2H3,(H2,25,26). The summed E-state index contributed by atoms with van der Waals surface area (Å²) in [4.78, 5) is 8.98. The number of rotatable bonds is 8. The van der Waals surface area contributed by atoms with Gasteiger partial charge < -0.3 is 15.0 Å². The van der Waals surface area contributed by atoms with Crippen LogP contribution in [0, 0.1) is 5.92 Å². The van der Waals surface area contributed by atoms with Gasteiger partial charge in [-0.05, 0) is 48.9 Å². The maximum Gasteiger partial charge on any atom is 0.261 e. The second-order valence-corrected chi connectivity index (χ2v) is 8.43. The van der Waals surface area contributed by atoms with Gasteiger partial charge in [-0.2, -0.15) is 10.1 Å². The van der Waals surface area contributed by atoms with Crippen LogP contribution in [-0.4, -0.2) is 38.6 Å². The van der Waals surface area contributed by atoms with E-state index in [4.69, 9.17) is 20.0 Å². The quantitative estimate of drug-likeness (QED) is 0.451. The zero-order chi connectivity index (χ0) is 22.1. The minimum atomic E-state index is -0.314. The molecule has 1 atom stereocenters. The van der Waals surface area contributed by atoms with E-state index in [9.17, 15) is 0 Å². The van der Waals surface area contributed by atoms with Crippen molar-refractivity contribution >= 4 is 5.82 Å². The molecule has 1 aliphatic rings. The fraction of sp³-hybridized carbons (Fsp3) is 0.333. The zero-order valence-electron chi connectivity index (χ0n) is 18.2. The lowest BCUT2D eigenvalue weighted by Gasteiger charge is -2.27. The molecular formula is C24H26N6O2. The molecule has 1 fully saturated rings. The van der Waals surface area contributed by atoms with E-state index in [1.807, 2.05) is 23.0 Å². The van der Waals surface area contributed by atoms with E-state index in [0.717, 1.165) is 29.5 Å². The van der Waals surface area contributed by atoms with Crippen molar-refractivity contribution in [3.63, 3.8) is 0 Å². The minimum absolute atomic E-state index is 0.314. The highest BCUT2D eigenvalue weighted by Gasteiger charge is 2.47. The van der Waals surface area contributed by atoms with E-state index in [1.165, 1.54) is 5.56 Å². The van der Waals surface area contributed by atoms with Gasteiger partial charge in [0.05, 0.1) is 30.3 Å². The van der Waals surface area contributed by atoms with Gasteiger partial charge in [0.25, 0.3) is 5.89 Å². The molecule has 3 heterocycles. The lowest BCUT2D eigenvalue weighted by molar-refractivity contribution is 0.183. The van der Waals surface area contributed by atoms with Gasteiger partial charge in [0.2, 0.25) is 0 Å². The van der Waals surface area contributed by atoms with E-state index in [2.05, 4.69) is 46.4 Å². The Morgan fingerprint density at radius 3 is 2.56 bits per heavy atom. The van der Waals surface area contributed by atoms with Crippen molar-refractivity contribution < 1.29 is 9.26 Å². The first kappa shape index (κ1) is 20.4. The monoisotopic (exact) mass is 430 g/mol. The molecule has 8 heteroatoms. The summed E-state index contributed by atoms with van der Waals surface area (Å²) in [5, 5.41) is 8.74. The first-order valence-corrected chi connectivity index (χ1v) is 10.8. The summed E-state index contributed by atoms with van der Waals surface area (Å²) in [5.74, 6) is 2.20. The molecule has 0 aliphatic heterocycles. The summed E-state index contributed by atoms with van der Waals surface area (Å²) in [6.45, 7) is 3.48. The number of benzene rings is 1. The summed E-state index contributed by atoms with van der Waals surface area (Å²) in [6.07, 6.45) is 7.75. The highest BCUT2D eigenvalue weighted by Crippen LogP contribution is 2.50. The van der Waals surface area contributed by atoms with Gasteiger partial charge >= 0.3 is 0 Å². The number of hydrogen-bond acceptors (Lipinski definition) is 7. The Balaban J connectivity index is 1.43. The lowest BCUT2D eigenvalue weighted by atomic mass is 9.76. The van der Waals surface area contributed by atoms with Crippen LogP contribution in [0.1, 0.15) is 31.2 Å². The number of hydrogen-bond donors (Lipinski definition) is 1. The molecular weight excluding hydrogens is 404 g/mol. The van der Waals surface area contributed by atoms with Crippen LogP contribution in [0.15, 0.2) is 59.5 Å². The number of nitrogens with two attached hydrogens (primary N) is 1. The summed E-state index contributed by atoms with van der Waals surface area (Å²) in [5.41, 5.74) is 9.51. The van der Waals surface area contributed by atoms with Crippen LogP contribution in [0.2, 0.25) is 0 Å². The second kappa shape index (κ2) is 8.20. The molecule has 2 N–H and O–H groups in total. The largest absolute Gasteiger partial charge is 0.384 e. The first-order valence-electron chi connectivity index (χ1n) is 10.8. The van der Waals surface area contributed by atoms with E-state index in [-0.39, 0.29) is 5.41 Å². The van der Waals surface area contributed by atoms with Gasteiger partial charge in [0.1, 0.15) is 5.82 Å². The molecule has 1 saturated carbocycles. The van der Waals surface area contributed by atoms with Crippen LogP contribution in [0.5, 0.6) is 0 Å². The van der Waals surface area contributed by atoms with Crippen molar-refractivity contribution in [2.75, 3.05) is 19.5 Å². The predicted molar refractivity (Wildman–Crippen MR) is 121 cm³/mol. The number of nitrogen functional groups attached to an aromatic ring is 1. The Morgan fingerprint density at radius 2 is 1.88 bits per heavy atom. The number of methoxy groups -OCH3 is 1. The maximum absolute atomic E-state index is 5.71. The molecule has 3 aromatic heterocycles. The molecule has 4 aromatic rings. The zero-order valence-corrected chi connectivity index (χ0v) is 18.2. The first-order chi connectivity index (χ1) is 15.6. The van der Waals surface area contributed by atoms with E-state index < -0.39 is 0 Å². The molecule has 5 rings (SSSR count). The molecule has 0 bridgehead atoms. The Labute approximate surface area is 186 Å². The Bertz CT molecular complexity index is 1190. The van der Waals surface area contributed by atoms with Crippen LogP contribution in [-0.2, 0) is 16.7 Å². The fourth-order valence-corrected chi connectivity index (χ4v) is 4.13. The topological polar surface area (TPSA) is 105 Å². The molecule has 0 radical (unpaired) electrons. The molecule has 1 aliphatic carbocycles. The van der Waals surface area contributed by atoms with Crippen molar-refractivity contribution in [2.24, 2.45) is 5.92 Å². The fourth-order valence-electron chi connectivity index (χ4n) is 4.13. The van der Waals surface area contributed by atoms with Crippen LogP contribution >= 0.6 is 0 Å². The molecule has 1 unspecified atom stereocenters. The molecule has 32 heavy (non-hydrogen) atoms. The van der Waals surface area contributed by atoms with Gasteiger partial charge in [-0.15, -0.1) is 0 Å². The van der Waals surface area contributed by atoms with Gasteiger partial charge in [-0.1, -0.05) is 29.4 Å². The number of pyridine rings is 1. The van der Waals surface area contributed by atoms with E-state index >= 15 is 0 Å². The summed E-state index contributed by atoms with van der Waals surface area (Å²) in [7, 11) is 1.67. The van der Waals surface area contributed by atoms with Gasteiger partial charge in [0, 0.05) is 25.1 Å². The third-order valence-corrected chi connectivity index (χ3v) is 6.29. The highest BCUT2D eigenvalue weighted by molar-refractivity contribution is 5.64. The van der Waals surface area contributed by atoms with Crippen molar-refractivity contribution in [3.8, 4) is 22.6 Å². The average molecular weight is 431 g/mol. The molecule has 164 valence electrons. The van der Waals surface area contributed by atoms with Crippen LogP contribution < -0.4 is 5.73 Å². The van der Waals surface area contributed by atoms with E-state index in [1.54, 1.807) is 19.5 Å². The third kappa shape index (κ3) is 3.78. The van der Waals surface area contributed by atoms with Crippen molar-refractivity contribution in [1.82, 2.24) is 24.9 Å². The maximum atomic E-state index is 5.71. The van der Waals surface area contributed by atoms with Crippen LogP contribution in [0.4, 0.5) is 5.82 Å². The normalized spacial score (nSPS) is 15.6. The minimum Gasteiger partial charge on any atom is -0.384 e. The third-order valence-electron chi connectivity index (χ3n) is 6.29. The number of anilines is 1. The number of nitrogens with zero attached hydrogens (tertiary/aromatic N) is 5. The average Bonchev–Trinajstić information content (AvgIpc) is 3.37. The smallest absolute Gasteiger partial charge is 0.261 e.